The Bertz CT molecular complexity index is 2010. The monoisotopic (exact) mass is 1540 g/mol. The minimum Gasteiger partial charge on any atom is -0.462 e. The molecule has 3 N–H and O–H groups in total. The molecule has 0 bridgehead atoms. The zero-order valence-electron chi connectivity index (χ0n) is 69.0. The van der Waals surface area contributed by atoms with E-state index in [-0.39, 0.29) is 25.7 Å². The first-order valence-corrected chi connectivity index (χ1v) is 47.5. The van der Waals surface area contributed by atoms with Crippen molar-refractivity contribution in [2.45, 2.75) is 477 Å². The van der Waals surface area contributed by atoms with Crippen LogP contribution in [0.15, 0.2) is 0 Å². The third-order valence-electron chi connectivity index (χ3n) is 20.6. The predicted molar refractivity (Wildman–Crippen MR) is 432 cm³/mol. The molecular weight excluding hydrogens is 1370 g/mol. The van der Waals surface area contributed by atoms with E-state index in [1.54, 1.807) is 0 Å². The van der Waals surface area contributed by atoms with E-state index in [0.717, 1.165) is 102 Å². The van der Waals surface area contributed by atoms with Crippen molar-refractivity contribution in [3.63, 3.8) is 0 Å². The van der Waals surface area contributed by atoms with Crippen molar-refractivity contribution in [2.24, 2.45) is 11.8 Å². The number of aliphatic hydroxyl groups excluding tert-OH is 1. The van der Waals surface area contributed by atoms with Gasteiger partial charge in [0.25, 0.3) is 0 Å². The predicted octanol–water partition coefficient (Wildman–Crippen LogP) is 26.2. The zero-order chi connectivity index (χ0) is 77.1. The quantitative estimate of drug-likeness (QED) is 0.0222. The molecule has 0 amide bonds. The number of esters is 4. The number of aliphatic hydroxyl groups is 1. The molecule has 105 heavy (non-hydrogen) atoms. The summed E-state index contributed by atoms with van der Waals surface area (Å²) < 4.78 is 68.9. The summed E-state index contributed by atoms with van der Waals surface area (Å²) in [6.07, 6.45) is 69.5. The second-order valence-corrected chi connectivity index (χ2v) is 34.6. The molecule has 19 heteroatoms. The lowest BCUT2D eigenvalue weighted by atomic mass is 9.99. The first-order valence-electron chi connectivity index (χ1n) is 44.5. The average molecular weight is 1540 g/mol. The molecule has 0 spiro atoms. The molecule has 17 nitrogen and oxygen atoms in total. The van der Waals surface area contributed by atoms with Gasteiger partial charge in [-0.25, -0.2) is 9.13 Å². The van der Waals surface area contributed by atoms with E-state index in [0.29, 0.717) is 31.6 Å². The van der Waals surface area contributed by atoms with E-state index >= 15 is 0 Å². The van der Waals surface area contributed by atoms with Gasteiger partial charge >= 0.3 is 39.5 Å². The third kappa shape index (κ3) is 78.5. The van der Waals surface area contributed by atoms with E-state index in [4.69, 9.17) is 37.0 Å². The summed E-state index contributed by atoms with van der Waals surface area (Å²) in [6.45, 7) is 9.67. The second kappa shape index (κ2) is 77.4. The molecule has 0 heterocycles. The number of unbranched alkanes of at least 4 members (excludes halogenated alkanes) is 54. The Morgan fingerprint density at radius 2 is 0.486 bits per heavy atom. The Morgan fingerprint density at radius 1 is 0.276 bits per heavy atom. The summed E-state index contributed by atoms with van der Waals surface area (Å²) in [7, 11) is -9.93. The Hall–Kier alpha value is -1.94. The molecule has 0 rings (SSSR count). The summed E-state index contributed by atoms with van der Waals surface area (Å²) in [6, 6.07) is 0. The molecule has 0 aromatic rings. The molecule has 624 valence electrons. The lowest BCUT2D eigenvalue weighted by Gasteiger charge is -2.21. The van der Waals surface area contributed by atoms with Crippen molar-refractivity contribution in [2.75, 3.05) is 39.6 Å². The van der Waals surface area contributed by atoms with Crippen LogP contribution in [0.5, 0.6) is 0 Å². The third-order valence-corrected chi connectivity index (χ3v) is 22.5. The summed E-state index contributed by atoms with van der Waals surface area (Å²) in [5.74, 6) is -0.548. The largest absolute Gasteiger partial charge is 0.472 e. The Kier molecular flexibility index (Phi) is 76.0. The van der Waals surface area contributed by atoms with Crippen LogP contribution in [-0.2, 0) is 65.4 Å². The Morgan fingerprint density at radius 3 is 0.724 bits per heavy atom. The first-order chi connectivity index (χ1) is 50.9. The number of carbonyl (C=O) groups excluding carboxylic acids is 4. The standard InChI is InChI=1S/C86H168O17P2/c1-7-10-12-14-16-18-20-22-24-26-27-28-29-30-32-38-42-46-52-59-65-70-85(90)102-81(74-96-83(88)68-62-56-50-44-40-36-34-33-35-39-43-49-55-61-67-79(6)9-3)76-100-104(92,93)98-72-80(87)73-99-105(94,95)101-77-82(75-97-84(89)69-63-57-53-47-48-54-60-66-78(4)5)103-86(91)71-64-58-51-45-41-37-31-25-23-21-19-17-15-13-11-8-2/h78-82,87H,7-77H2,1-6H3,(H,92,93)(H,94,95)/t79?,80-,81-,82-/m1/s1. The van der Waals surface area contributed by atoms with Gasteiger partial charge in [0.05, 0.1) is 26.4 Å². The van der Waals surface area contributed by atoms with Crippen LogP contribution in [0.2, 0.25) is 0 Å². The van der Waals surface area contributed by atoms with Gasteiger partial charge in [0.2, 0.25) is 0 Å². The maximum absolute atomic E-state index is 13.1. The topological polar surface area (TPSA) is 237 Å². The average Bonchev–Trinajstić information content (AvgIpc) is 0.908. The van der Waals surface area contributed by atoms with Gasteiger partial charge in [-0.15, -0.1) is 0 Å². The van der Waals surface area contributed by atoms with Crippen LogP contribution in [0, 0.1) is 11.8 Å². The van der Waals surface area contributed by atoms with Crippen LogP contribution in [0.4, 0.5) is 0 Å². The van der Waals surface area contributed by atoms with Crippen molar-refractivity contribution >= 4 is 39.5 Å². The highest BCUT2D eigenvalue weighted by Crippen LogP contribution is 2.45. The molecule has 0 aliphatic carbocycles. The molecule has 0 saturated heterocycles. The van der Waals surface area contributed by atoms with Gasteiger partial charge in [-0.1, -0.05) is 408 Å². The number of hydrogen-bond acceptors (Lipinski definition) is 15. The van der Waals surface area contributed by atoms with E-state index in [9.17, 15) is 43.2 Å². The molecule has 0 saturated carbocycles. The molecule has 0 aromatic heterocycles. The van der Waals surface area contributed by atoms with Gasteiger partial charge < -0.3 is 33.8 Å². The Labute approximate surface area is 645 Å². The van der Waals surface area contributed by atoms with Crippen LogP contribution in [0.25, 0.3) is 0 Å². The number of phosphoric ester groups is 2. The van der Waals surface area contributed by atoms with Gasteiger partial charge in [-0.3, -0.25) is 37.3 Å². The van der Waals surface area contributed by atoms with Gasteiger partial charge in [0, 0.05) is 25.7 Å². The minimum atomic E-state index is -4.97. The summed E-state index contributed by atoms with van der Waals surface area (Å²) in [4.78, 5) is 73.2. The smallest absolute Gasteiger partial charge is 0.462 e. The molecule has 0 fully saturated rings. The van der Waals surface area contributed by atoms with Crippen LogP contribution in [0.1, 0.15) is 459 Å². The van der Waals surface area contributed by atoms with Crippen LogP contribution < -0.4 is 0 Å². The molecule has 0 radical (unpaired) electrons. The zero-order valence-corrected chi connectivity index (χ0v) is 70.8. The van der Waals surface area contributed by atoms with E-state index < -0.39 is 97.5 Å². The van der Waals surface area contributed by atoms with Crippen molar-refractivity contribution < 1.29 is 80.2 Å². The molecule has 0 aliphatic rings. The maximum Gasteiger partial charge on any atom is 0.472 e. The number of rotatable bonds is 85. The SMILES string of the molecule is CCCCCCCCCCCCCCCCCCCCCCCC(=O)O[C@H](COC(=O)CCCCCCCCCCCCCCCCC(C)CC)COP(=O)(O)OC[C@@H](O)COP(=O)(O)OC[C@@H](COC(=O)CCCCCCCCCC(C)C)OC(=O)CCCCCCCCCCCCCCCCCC. The van der Waals surface area contributed by atoms with Crippen LogP contribution >= 0.6 is 15.6 Å². The highest BCUT2D eigenvalue weighted by Gasteiger charge is 2.30. The van der Waals surface area contributed by atoms with E-state index in [1.807, 2.05) is 0 Å². The fourth-order valence-electron chi connectivity index (χ4n) is 13.4. The summed E-state index contributed by atoms with van der Waals surface area (Å²) in [5, 5.41) is 10.7. The van der Waals surface area contributed by atoms with Crippen molar-refractivity contribution in [3.8, 4) is 0 Å². The molecule has 0 aliphatic heterocycles. The number of hydrogen-bond donors (Lipinski definition) is 3. The highest BCUT2D eigenvalue weighted by atomic mass is 31.2. The van der Waals surface area contributed by atoms with Crippen LogP contribution in [0.3, 0.4) is 0 Å². The minimum absolute atomic E-state index is 0.108. The molecule has 0 aromatic carbocycles. The maximum atomic E-state index is 13.1. The molecule has 3 unspecified atom stereocenters. The van der Waals surface area contributed by atoms with Gasteiger partial charge in [-0.05, 0) is 37.5 Å². The number of phosphoric acid groups is 2. The van der Waals surface area contributed by atoms with Crippen LogP contribution in [-0.4, -0.2) is 96.7 Å². The fourth-order valence-corrected chi connectivity index (χ4v) is 15.0. The lowest BCUT2D eigenvalue weighted by molar-refractivity contribution is -0.161. The van der Waals surface area contributed by atoms with E-state index in [1.165, 1.54) is 270 Å². The van der Waals surface area contributed by atoms with Gasteiger partial charge in [0.15, 0.2) is 12.2 Å². The molecule has 6 atom stereocenters. The van der Waals surface area contributed by atoms with Gasteiger partial charge in [0.1, 0.15) is 19.3 Å². The van der Waals surface area contributed by atoms with Crippen molar-refractivity contribution in [3.05, 3.63) is 0 Å². The summed E-state index contributed by atoms with van der Waals surface area (Å²) in [5.41, 5.74) is 0. The van der Waals surface area contributed by atoms with E-state index in [2.05, 4.69) is 41.5 Å². The number of ether oxygens (including phenoxy) is 4. The van der Waals surface area contributed by atoms with Gasteiger partial charge in [-0.2, -0.15) is 0 Å². The van der Waals surface area contributed by atoms with Crippen molar-refractivity contribution in [1.82, 2.24) is 0 Å². The summed E-state index contributed by atoms with van der Waals surface area (Å²) >= 11 is 0. The normalized spacial score (nSPS) is 14.1. The second-order valence-electron chi connectivity index (χ2n) is 31.6. The number of carbonyl (C=O) groups is 4. The molecular formula is C86H168O17P2. The fraction of sp³-hybridized carbons (Fsp3) is 0.953. The first kappa shape index (κ1) is 103. The lowest BCUT2D eigenvalue weighted by Crippen LogP contribution is -2.30. The van der Waals surface area contributed by atoms with Crippen molar-refractivity contribution in [1.29, 1.82) is 0 Å². The Balaban J connectivity index is 5.23. The highest BCUT2D eigenvalue weighted by molar-refractivity contribution is 7.47.